The van der Waals surface area contributed by atoms with Crippen LogP contribution >= 0.6 is 0 Å². The van der Waals surface area contributed by atoms with Gasteiger partial charge in [0.15, 0.2) is 0 Å². The molecule has 0 fully saturated rings. The maximum Gasteiger partial charge on any atom is 0.244 e. The number of amides is 1. The first-order valence-electron chi connectivity index (χ1n) is 8.11. The average Bonchev–Trinajstić information content (AvgIpc) is 2.99. The summed E-state index contributed by atoms with van der Waals surface area (Å²) < 4.78 is 7.02. The van der Waals surface area contributed by atoms with Crippen LogP contribution in [0.5, 0.6) is 5.75 Å². The summed E-state index contributed by atoms with van der Waals surface area (Å²) in [6, 6.07) is 15.3. The molecule has 0 bridgehead atoms. The predicted octanol–water partition coefficient (Wildman–Crippen LogP) is 3.72. The van der Waals surface area contributed by atoms with E-state index in [-0.39, 0.29) is 12.5 Å². The van der Waals surface area contributed by atoms with Crippen molar-refractivity contribution >= 4 is 22.5 Å². The van der Waals surface area contributed by atoms with E-state index in [9.17, 15) is 10.1 Å². The van der Waals surface area contributed by atoms with Gasteiger partial charge in [0.1, 0.15) is 18.4 Å². The zero-order valence-electron chi connectivity index (χ0n) is 14.2. The highest BCUT2D eigenvalue weighted by atomic mass is 16.5. The fourth-order valence-electron chi connectivity index (χ4n) is 2.99. The molecule has 0 unspecified atom stereocenters. The fourth-order valence-corrected chi connectivity index (χ4v) is 2.99. The number of nitrogens with zero attached hydrogens (tertiary/aromatic N) is 2. The van der Waals surface area contributed by atoms with Gasteiger partial charge in [-0.05, 0) is 24.1 Å². The van der Waals surface area contributed by atoms with Crippen LogP contribution in [0, 0.1) is 11.3 Å². The monoisotopic (exact) mass is 333 g/mol. The minimum Gasteiger partial charge on any atom is -0.497 e. The van der Waals surface area contributed by atoms with Crippen LogP contribution in [0.4, 0.5) is 5.69 Å². The van der Waals surface area contributed by atoms with Crippen molar-refractivity contribution in [1.29, 1.82) is 5.26 Å². The second-order valence-electron chi connectivity index (χ2n) is 5.73. The molecule has 0 spiro atoms. The van der Waals surface area contributed by atoms with Crippen molar-refractivity contribution in [3.8, 4) is 11.8 Å². The fraction of sp³-hybridized carbons (Fsp3) is 0.200. The summed E-state index contributed by atoms with van der Waals surface area (Å²) in [5.74, 6) is 0.532. The quantitative estimate of drug-likeness (QED) is 0.774. The van der Waals surface area contributed by atoms with Gasteiger partial charge in [-0.3, -0.25) is 4.79 Å². The Kier molecular flexibility index (Phi) is 4.71. The molecule has 1 amide bonds. The summed E-state index contributed by atoms with van der Waals surface area (Å²) >= 11 is 0. The molecule has 0 radical (unpaired) electrons. The number of nitrogens with one attached hydrogen (secondary N) is 1. The third kappa shape index (κ3) is 3.33. The number of fused-ring (bicyclic) bond motifs is 1. The predicted molar refractivity (Wildman–Crippen MR) is 97.7 cm³/mol. The first-order chi connectivity index (χ1) is 12.2. The van der Waals surface area contributed by atoms with E-state index in [4.69, 9.17) is 4.74 Å². The molecule has 5 nitrogen and oxygen atoms in total. The van der Waals surface area contributed by atoms with Crippen molar-refractivity contribution in [2.45, 2.75) is 19.9 Å². The van der Waals surface area contributed by atoms with Gasteiger partial charge >= 0.3 is 0 Å². The van der Waals surface area contributed by atoms with E-state index in [0.29, 0.717) is 17.0 Å². The van der Waals surface area contributed by atoms with Crippen molar-refractivity contribution in [3.63, 3.8) is 0 Å². The van der Waals surface area contributed by atoms with Crippen LogP contribution < -0.4 is 10.1 Å². The van der Waals surface area contributed by atoms with Gasteiger partial charge in [-0.1, -0.05) is 31.2 Å². The lowest BCUT2D eigenvalue weighted by Crippen LogP contribution is -2.18. The van der Waals surface area contributed by atoms with E-state index in [1.165, 1.54) is 0 Å². The highest BCUT2D eigenvalue weighted by molar-refractivity contribution is 5.94. The highest BCUT2D eigenvalue weighted by Crippen LogP contribution is 2.25. The number of aromatic nitrogens is 1. The Morgan fingerprint density at radius 2 is 2.08 bits per heavy atom. The lowest BCUT2D eigenvalue weighted by atomic mass is 10.1. The minimum absolute atomic E-state index is 0.145. The molecule has 0 aliphatic carbocycles. The number of rotatable bonds is 5. The third-order valence-corrected chi connectivity index (χ3v) is 4.15. The summed E-state index contributed by atoms with van der Waals surface area (Å²) in [5, 5.41) is 13.1. The van der Waals surface area contributed by atoms with E-state index in [1.807, 2.05) is 41.0 Å². The van der Waals surface area contributed by atoms with E-state index < -0.39 is 0 Å². The number of benzene rings is 2. The Balaban J connectivity index is 1.89. The van der Waals surface area contributed by atoms with Gasteiger partial charge in [-0.15, -0.1) is 0 Å². The van der Waals surface area contributed by atoms with Crippen LogP contribution in [-0.2, 0) is 17.8 Å². The van der Waals surface area contributed by atoms with Crippen LogP contribution in [0.3, 0.4) is 0 Å². The number of para-hydroxylation sites is 1. The number of anilines is 1. The van der Waals surface area contributed by atoms with Gasteiger partial charge in [-0.25, -0.2) is 0 Å². The highest BCUT2D eigenvalue weighted by Gasteiger charge is 2.14. The molecule has 3 aromatic rings. The molecule has 3 rings (SSSR count). The molecule has 5 heteroatoms. The normalized spacial score (nSPS) is 10.4. The Morgan fingerprint density at radius 1 is 1.28 bits per heavy atom. The number of hydrogen-bond donors (Lipinski definition) is 1. The molecule has 0 saturated heterocycles. The minimum atomic E-state index is -0.152. The SMILES string of the molecule is CCc1cccc2c(C#N)cn(CC(=O)Nc3cccc(OC)c3)c12. The van der Waals surface area contributed by atoms with E-state index in [0.717, 1.165) is 22.9 Å². The summed E-state index contributed by atoms with van der Waals surface area (Å²) in [5.41, 5.74) is 3.33. The molecule has 1 N–H and O–H groups in total. The van der Waals surface area contributed by atoms with Crippen molar-refractivity contribution in [1.82, 2.24) is 4.57 Å². The third-order valence-electron chi connectivity index (χ3n) is 4.15. The second kappa shape index (κ2) is 7.10. The van der Waals surface area contributed by atoms with Gasteiger partial charge in [0, 0.05) is 23.3 Å². The summed E-state index contributed by atoms with van der Waals surface area (Å²) in [7, 11) is 1.59. The molecule has 126 valence electrons. The van der Waals surface area contributed by atoms with Crippen LogP contribution in [-0.4, -0.2) is 17.6 Å². The first kappa shape index (κ1) is 16.6. The molecule has 25 heavy (non-hydrogen) atoms. The van der Waals surface area contributed by atoms with Gasteiger partial charge in [0.05, 0.1) is 18.2 Å². The zero-order valence-corrected chi connectivity index (χ0v) is 14.2. The maximum absolute atomic E-state index is 12.5. The lowest BCUT2D eigenvalue weighted by molar-refractivity contribution is -0.116. The number of methoxy groups -OCH3 is 1. The number of carbonyl (C=O) groups excluding carboxylic acids is 1. The van der Waals surface area contributed by atoms with Crippen LogP contribution in [0.2, 0.25) is 0 Å². The standard InChI is InChI=1S/C20H19N3O2/c1-3-14-6-4-9-18-15(11-21)12-23(20(14)18)13-19(24)22-16-7-5-8-17(10-16)25-2/h4-10,12H,3,13H2,1-2H3,(H,22,24). The van der Waals surface area contributed by atoms with Crippen LogP contribution in [0.15, 0.2) is 48.7 Å². The maximum atomic E-state index is 12.5. The summed E-state index contributed by atoms with van der Waals surface area (Å²) in [6.45, 7) is 2.21. The van der Waals surface area contributed by atoms with E-state index in [1.54, 1.807) is 19.4 Å². The van der Waals surface area contributed by atoms with Crippen LogP contribution in [0.25, 0.3) is 10.9 Å². The van der Waals surface area contributed by atoms with Crippen molar-refractivity contribution < 1.29 is 9.53 Å². The number of carbonyl (C=O) groups is 1. The van der Waals surface area contributed by atoms with Gasteiger partial charge in [0.2, 0.25) is 5.91 Å². The largest absolute Gasteiger partial charge is 0.497 e. The molecule has 0 atom stereocenters. The number of hydrogen-bond acceptors (Lipinski definition) is 3. The molecular formula is C20H19N3O2. The average molecular weight is 333 g/mol. The molecule has 0 saturated carbocycles. The molecule has 1 aromatic heterocycles. The van der Waals surface area contributed by atoms with Crippen LogP contribution in [0.1, 0.15) is 18.1 Å². The lowest BCUT2D eigenvalue weighted by Gasteiger charge is -2.10. The first-order valence-corrected chi connectivity index (χ1v) is 8.11. The number of aryl methyl sites for hydroxylation is 1. The summed E-state index contributed by atoms with van der Waals surface area (Å²) in [6.07, 6.45) is 2.58. The molecule has 0 aliphatic rings. The molecule has 2 aromatic carbocycles. The van der Waals surface area contributed by atoms with Gasteiger partial charge in [0.25, 0.3) is 0 Å². The summed E-state index contributed by atoms with van der Waals surface area (Å²) in [4.78, 5) is 12.5. The smallest absolute Gasteiger partial charge is 0.244 e. The van der Waals surface area contributed by atoms with Crippen molar-refractivity contribution in [2.75, 3.05) is 12.4 Å². The Hall–Kier alpha value is -3.26. The zero-order chi connectivity index (χ0) is 17.8. The Labute approximate surface area is 146 Å². The van der Waals surface area contributed by atoms with E-state index >= 15 is 0 Å². The van der Waals surface area contributed by atoms with Gasteiger partial charge in [-0.2, -0.15) is 5.26 Å². The molecule has 0 aliphatic heterocycles. The van der Waals surface area contributed by atoms with Crippen molar-refractivity contribution in [2.24, 2.45) is 0 Å². The van der Waals surface area contributed by atoms with Gasteiger partial charge < -0.3 is 14.6 Å². The van der Waals surface area contributed by atoms with Crippen molar-refractivity contribution in [3.05, 3.63) is 59.8 Å². The molecular weight excluding hydrogens is 314 g/mol. The Bertz CT molecular complexity index is 967. The number of ether oxygens (including phenoxy) is 1. The second-order valence-corrected chi connectivity index (χ2v) is 5.73. The van der Waals surface area contributed by atoms with E-state index in [2.05, 4.69) is 18.3 Å². The number of nitriles is 1. The molecule has 1 heterocycles. The Morgan fingerprint density at radius 3 is 2.80 bits per heavy atom. The topological polar surface area (TPSA) is 67.0 Å².